The van der Waals surface area contributed by atoms with Crippen molar-refractivity contribution < 1.29 is 8.78 Å². The minimum Gasteiger partial charge on any atom is -0.365 e. The van der Waals surface area contributed by atoms with Gasteiger partial charge in [0, 0.05) is 17.8 Å². The number of hydrogen-bond donors (Lipinski definition) is 1. The highest BCUT2D eigenvalue weighted by molar-refractivity contribution is 5.52. The van der Waals surface area contributed by atoms with Gasteiger partial charge < -0.3 is 5.32 Å². The molecule has 1 N–H and O–H groups in total. The van der Waals surface area contributed by atoms with Crippen LogP contribution in [0.1, 0.15) is 28.8 Å². The van der Waals surface area contributed by atoms with Crippen molar-refractivity contribution in [3.63, 3.8) is 0 Å². The van der Waals surface area contributed by atoms with Crippen LogP contribution in [0.5, 0.6) is 0 Å². The van der Waals surface area contributed by atoms with Crippen LogP contribution in [-0.2, 0) is 6.54 Å². The SMILES string of the molecule is Cc1ccc(C#N)c(NCc2ccc(C(F)F)cc2)n1. The summed E-state index contributed by atoms with van der Waals surface area (Å²) < 4.78 is 24.9. The van der Waals surface area contributed by atoms with Crippen LogP contribution >= 0.6 is 0 Å². The Kier molecular flexibility index (Phi) is 4.26. The lowest BCUT2D eigenvalue weighted by molar-refractivity contribution is 0.151. The van der Waals surface area contributed by atoms with Gasteiger partial charge >= 0.3 is 0 Å². The number of aromatic nitrogens is 1. The van der Waals surface area contributed by atoms with E-state index >= 15 is 0 Å². The van der Waals surface area contributed by atoms with Crippen LogP contribution in [0.25, 0.3) is 0 Å². The summed E-state index contributed by atoms with van der Waals surface area (Å²) in [5.74, 6) is 0.505. The van der Waals surface area contributed by atoms with E-state index in [9.17, 15) is 8.78 Å². The molecule has 0 aliphatic carbocycles. The van der Waals surface area contributed by atoms with Crippen LogP contribution in [-0.4, -0.2) is 4.98 Å². The maximum atomic E-state index is 12.4. The summed E-state index contributed by atoms with van der Waals surface area (Å²) in [6, 6.07) is 11.6. The Morgan fingerprint density at radius 1 is 1.20 bits per heavy atom. The Bertz CT molecular complexity index is 631. The number of benzene rings is 1. The van der Waals surface area contributed by atoms with E-state index in [1.165, 1.54) is 12.1 Å². The number of alkyl halides is 2. The molecule has 1 heterocycles. The fourth-order valence-electron chi connectivity index (χ4n) is 1.75. The Labute approximate surface area is 115 Å². The summed E-state index contributed by atoms with van der Waals surface area (Å²) in [5.41, 5.74) is 2.11. The lowest BCUT2D eigenvalue weighted by atomic mass is 10.1. The summed E-state index contributed by atoms with van der Waals surface area (Å²) in [7, 11) is 0. The highest BCUT2D eigenvalue weighted by Crippen LogP contribution is 2.19. The zero-order valence-corrected chi connectivity index (χ0v) is 10.9. The molecule has 3 nitrogen and oxygen atoms in total. The third-order valence-electron chi connectivity index (χ3n) is 2.85. The van der Waals surface area contributed by atoms with E-state index in [-0.39, 0.29) is 5.56 Å². The number of rotatable bonds is 4. The van der Waals surface area contributed by atoms with E-state index in [4.69, 9.17) is 5.26 Å². The van der Waals surface area contributed by atoms with Gasteiger partial charge in [-0.3, -0.25) is 0 Å². The molecular weight excluding hydrogens is 260 g/mol. The number of nitrogens with zero attached hydrogens (tertiary/aromatic N) is 2. The minimum atomic E-state index is -2.46. The van der Waals surface area contributed by atoms with Gasteiger partial charge in [-0.2, -0.15) is 5.26 Å². The van der Waals surface area contributed by atoms with Crippen LogP contribution in [0.3, 0.4) is 0 Å². The Morgan fingerprint density at radius 3 is 2.50 bits per heavy atom. The van der Waals surface area contributed by atoms with Crippen LogP contribution in [0, 0.1) is 18.3 Å². The molecule has 0 spiro atoms. The van der Waals surface area contributed by atoms with Crippen molar-refractivity contribution in [3.8, 4) is 6.07 Å². The first-order valence-electron chi connectivity index (χ1n) is 6.09. The smallest absolute Gasteiger partial charge is 0.263 e. The summed E-state index contributed by atoms with van der Waals surface area (Å²) in [6.45, 7) is 2.26. The molecule has 2 aromatic rings. The van der Waals surface area contributed by atoms with Crippen LogP contribution < -0.4 is 5.32 Å². The van der Waals surface area contributed by atoms with Gasteiger partial charge in [0.05, 0.1) is 5.56 Å². The number of pyridine rings is 1. The molecule has 0 fully saturated rings. The van der Waals surface area contributed by atoms with Crippen molar-refractivity contribution in [3.05, 3.63) is 58.8 Å². The molecule has 1 aromatic carbocycles. The lowest BCUT2D eigenvalue weighted by Gasteiger charge is -2.08. The second-order valence-electron chi connectivity index (χ2n) is 4.36. The molecule has 2 rings (SSSR count). The number of halogens is 2. The van der Waals surface area contributed by atoms with Crippen molar-refractivity contribution in [1.29, 1.82) is 5.26 Å². The van der Waals surface area contributed by atoms with Crippen molar-refractivity contribution in [1.82, 2.24) is 4.98 Å². The quantitative estimate of drug-likeness (QED) is 0.921. The topological polar surface area (TPSA) is 48.7 Å². The van der Waals surface area contributed by atoms with Gasteiger partial charge in [-0.05, 0) is 24.6 Å². The second kappa shape index (κ2) is 6.11. The first-order chi connectivity index (χ1) is 9.60. The highest BCUT2D eigenvalue weighted by atomic mass is 19.3. The monoisotopic (exact) mass is 273 g/mol. The Morgan fingerprint density at radius 2 is 1.90 bits per heavy atom. The van der Waals surface area contributed by atoms with Crippen LogP contribution in [0.4, 0.5) is 14.6 Å². The van der Waals surface area contributed by atoms with E-state index in [0.29, 0.717) is 17.9 Å². The van der Waals surface area contributed by atoms with Crippen molar-refractivity contribution in [2.24, 2.45) is 0 Å². The van der Waals surface area contributed by atoms with Gasteiger partial charge in [-0.1, -0.05) is 24.3 Å². The van der Waals surface area contributed by atoms with Gasteiger partial charge in [0.1, 0.15) is 11.9 Å². The van der Waals surface area contributed by atoms with E-state index in [2.05, 4.69) is 16.4 Å². The molecule has 1 aromatic heterocycles. The molecule has 0 aliphatic rings. The minimum absolute atomic E-state index is 0.000134. The molecule has 0 aliphatic heterocycles. The van der Waals surface area contributed by atoms with Crippen molar-refractivity contribution in [2.45, 2.75) is 19.9 Å². The summed E-state index contributed by atoms with van der Waals surface area (Å²) in [6.07, 6.45) is -2.46. The molecule has 5 heteroatoms. The number of hydrogen-bond acceptors (Lipinski definition) is 3. The van der Waals surface area contributed by atoms with Crippen molar-refractivity contribution in [2.75, 3.05) is 5.32 Å². The molecule has 0 amide bonds. The molecule has 102 valence electrons. The maximum absolute atomic E-state index is 12.4. The number of aryl methyl sites for hydroxylation is 1. The first-order valence-corrected chi connectivity index (χ1v) is 6.09. The molecule has 0 saturated heterocycles. The fourth-order valence-corrected chi connectivity index (χ4v) is 1.75. The van der Waals surface area contributed by atoms with Crippen LogP contribution in [0.2, 0.25) is 0 Å². The van der Waals surface area contributed by atoms with E-state index in [1.54, 1.807) is 24.3 Å². The summed E-state index contributed by atoms with van der Waals surface area (Å²) >= 11 is 0. The van der Waals surface area contributed by atoms with Gasteiger partial charge in [-0.25, -0.2) is 13.8 Å². The predicted octanol–water partition coefficient (Wildman–Crippen LogP) is 3.81. The van der Waals surface area contributed by atoms with Gasteiger partial charge in [0.15, 0.2) is 0 Å². The number of nitrogens with one attached hydrogen (secondary N) is 1. The van der Waals surface area contributed by atoms with E-state index < -0.39 is 6.43 Å². The third-order valence-corrected chi connectivity index (χ3v) is 2.85. The Balaban J connectivity index is 2.09. The second-order valence-corrected chi connectivity index (χ2v) is 4.36. The summed E-state index contributed by atoms with van der Waals surface area (Å²) in [5, 5.41) is 12.0. The number of nitriles is 1. The fraction of sp³-hybridized carbons (Fsp3) is 0.200. The normalized spacial score (nSPS) is 10.3. The van der Waals surface area contributed by atoms with Gasteiger partial charge in [-0.15, -0.1) is 0 Å². The molecule has 0 unspecified atom stereocenters. The molecule has 0 radical (unpaired) electrons. The molecular formula is C15H13F2N3. The zero-order valence-electron chi connectivity index (χ0n) is 10.9. The molecule has 0 atom stereocenters. The standard InChI is InChI=1S/C15H13F2N3/c1-10-2-5-13(8-18)15(20-10)19-9-11-3-6-12(7-4-11)14(16)17/h2-7,14H,9H2,1H3,(H,19,20). The highest BCUT2D eigenvalue weighted by Gasteiger charge is 2.07. The average Bonchev–Trinajstić information content (AvgIpc) is 2.45. The van der Waals surface area contributed by atoms with E-state index in [1.807, 2.05) is 6.92 Å². The van der Waals surface area contributed by atoms with Gasteiger partial charge in [0.25, 0.3) is 6.43 Å². The molecule has 0 saturated carbocycles. The van der Waals surface area contributed by atoms with E-state index in [0.717, 1.165) is 11.3 Å². The first kappa shape index (κ1) is 13.9. The zero-order chi connectivity index (χ0) is 14.5. The Hall–Kier alpha value is -2.48. The molecule has 20 heavy (non-hydrogen) atoms. The van der Waals surface area contributed by atoms with Crippen LogP contribution in [0.15, 0.2) is 36.4 Å². The van der Waals surface area contributed by atoms with Crippen molar-refractivity contribution >= 4 is 5.82 Å². The lowest BCUT2D eigenvalue weighted by Crippen LogP contribution is -2.04. The largest absolute Gasteiger partial charge is 0.365 e. The summed E-state index contributed by atoms with van der Waals surface area (Å²) in [4.78, 5) is 4.25. The maximum Gasteiger partial charge on any atom is 0.263 e. The molecule has 0 bridgehead atoms. The third kappa shape index (κ3) is 3.29. The predicted molar refractivity (Wildman–Crippen MR) is 72.4 cm³/mol. The van der Waals surface area contributed by atoms with Gasteiger partial charge in [0.2, 0.25) is 0 Å². The number of anilines is 1. The average molecular weight is 273 g/mol.